The highest BCUT2D eigenvalue weighted by molar-refractivity contribution is 7.99. The van der Waals surface area contributed by atoms with Gasteiger partial charge < -0.3 is 4.74 Å². The fourth-order valence-electron chi connectivity index (χ4n) is 3.58. The van der Waals surface area contributed by atoms with Crippen molar-refractivity contribution in [3.8, 4) is 0 Å². The number of nitrogens with zero attached hydrogens (tertiary/aromatic N) is 2. The molecule has 0 saturated carbocycles. The number of methoxy groups -OCH3 is 1. The molecule has 0 unspecified atom stereocenters. The van der Waals surface area contributed by atoms with Gasteiger partial charge in [-0.15, -0.1) is 0 Å². The number of carbonyl (C=O) groups is 2. The van der Waals surface area contributed by atoms with Gasteiger partial charge in [-0.25, -0.2) is 4.98 Å². The van der Waals surface area contributed by atoms with Crippen LogP contribution in [0.3, 0.4) is 0 Å². The molecule has 0 radical (unpaired) electrons. The first-order valence-electron chi connectivity index (χ1n) is 9.62. The van der Waals surface area contributed by atoms with Crippen molar-refractivity contribution in [1.29, 1.82) is 0 Å². The maximum absolute atomic E-state index is 13.0. The van der Waals surface area contributed by atoms with Gasteiger partial charge in [0.2, 0.25) is 0 Å². The zero-order valence-corrected chi connectivity index (χ0v) is 18.3. The van der Waals surface area contributed by atoms with E-state index in [2.05, 4.69) is 4.98 Å². The Morgan fingerprint density at radius 2 is 1.77 bits per heavy atom. The Morgan fingerprint density at radius 3 is 2.43 bits per heavy atom. The number of fused-ring (bicyclic) bond motifs is 1. The number of aryl methyl sites for hydroxylation is 3. The molecule has 1 aromatic heterocycles. The van der Waals surface area contributed by atoms with Crippen molar-refractivity contribution in [2.45, 2.75) is 38.9 Å². The lowest BCUT2D eigenvalue weighted by molar-refractivity contribution is -0.140. The van der Waals surface area contributed by atoms with Crippen molar-refractivity contribution in [2.75, 3.05) is 12.9 Å². The largest absolute Gasteiger partial charge is 0.469 e. The number of para-hydroxylation sites is 1. The summed E-state index contributed by atoms with van der Waals surface area (Å²) in [7, 11) is 1.31. The van der Waals surface area contributed by atoms with Gasteiger partial charge in [-0.3, -0.25) is 19.0 Å². The molecule has 0 aliphatic rings. The molecule has 7 heteroatoms. The summed E-state index contributed by atoms with van der Waals surface area (Å²) in [6, 6.07) is 11.0. The summed E-state index contributed by atoms with van der Waals surface area (Å²) in [4.78, 5) is 42.1. The number of aromatic nitrogens is 2. The normalized spacial score (nSPS) is 10.9. The van der Waals surface area contributed by atoms with Crippen LogP contribution in [0.15, 0.2) is 46.3 Å². The van der Waals surface area contributed by atoms with Crippen LogP contribution < -0.4 is 5.56 Å². The summed E-state index contributed by atoms with van der Waals surface area (Å²) in [5, 5.41) is 0.890. The van der Waals surface area contributed by atoms with Gasteiger partial charge in [0.05, 0.1) is 30.2 Å². The SMILES string of the molecule is COC(=O)CCn1c(SCC(=O)c2c(C)cc(C)cc2C)nc2ccccc2c1=O. The van der Waals surface area contributed by atoms with Crippen LogP contribution in [0.2, 0.25) is 0 Å². The number of Topliss-reactive ketones (excluding diaryl/α,β-unsaturated/α-hetero) is 1. The van der Waals surface area contributed by atoms with Crippen molar-refractivity contribution in [2.24, 2.45) is 0 Å². The van der Waals surface area contributed by atoms with E-state index < -0.39 is 5.97 Å². The molecule has 3 rings (SSSR count). The summed E-state index contributed by atoms with van der Waals surface area (Å²) in [5.74, 6) is -0.279. The summed E-state index contributed by atoms with van der Waals surface area (Å²) < 4.78 is 6.15. The Hall–Kier alpha value is -2.93. The third-order valence-corrected chi connectivity index (χ3v) is 5.86. The Balaban J connectivity index is 1.93. The van der Waals surface area contributed by atoms with Crippen LogP contribution in [0.1, 0.15) is 33.5 Å². The number of rotatable bonds is 7. The first-order valence-corrected chi connectivity index (χ1v) is 10.6. The van der Waals surface area contributed by atoms with E-state index in [0.29, 0.717) is 21.6 Å². The predicted octanol–water partition coefficient (Wildman–Crippen LogP) is 3.86. The minimum atomic E-state index is -0.409. The molecule has 0 fully saturated rings. The van der Waals surface area contributed by atoms with Gasteiger partial charge in [0.25, 0.3) is 5.56 Å². The van der Waals surface area contributed by atoms with E-state index in [-0.39, 0.29) is 30.1 Å². The number of carbonyl (C=O) groups excluding carboxylic acids is 2. The van der Waals surface area contributed by atoms with Crippen LogP contribution in [0.25, 0.3) is 10.9 Å². The van der Waals surface area contributed by atoms with Gasteiger partial charge in [0.15, 0.2) is 10.9 Å². The lowest BCUT2D eigenvalue weighted by Gasteiger charge is -2.14. The molecule has 1 heterocycles. The fourth-order valence-corrected chi connectivity index (χ4v) is 4.48. The third-order valence-electron chi connectivity index (χ3n) is 4.88. The monoisotopic (exact) mass is 424 g/mol. The molecule has 0 atom stereocenters. The standard InChI is InChI=1S/C23H24N2O4S/c1-14-11-15(2)21(16(3)12-14)19(26)13-30-23-24-18-8-6-5-7-17(18)22(28)25(23)10-9-20(27)29-4/h5-8,11-12H,9-10,13H2,1-4H3. The molecule has 0 saturated heterocycles. The van der Waals surface area contributed by atoms with E-state index in [1.54, 1.807) is 18.2 Å². The van der Waals surface area contributed by atoms with Crippen molar-refractivity contribution >= 4 is 34.4 Å². The second kappa shape index (κ2) is 9.26. The summed E-state index contributed by atoms with van der Waals surface area (Å²) >= 11 is 1.21. The fraction of sp³-hybridized carbons (Fsp3) is 0.304. The second-order valence-corrected chi connectivity index (χ2v) is 8.12. The van der Waals surface area contributed by atoms with E-state index in [1.807, 2.05) is 39.0 Å². The Bertz CT molecular complexity index is 1160. The second-order valence-electron chi connectivity index (χ2n) is 7.18. The van der Waals surface area contributed by atoms with Gasteiger partial charge in [0, 0.05) is 12.1 Å². The molecule has 30 heavy (non-hydrogen) atoms. The number of hydrogen-bond acceptors (Lipinski definition) is 6. The van der Waals surface area contributed by atoms with Crippen LogP contribution >= 0.6 is 11.8 Å². The van der Waals surface area contributed by atoms with Crippen LogP contribution in [0, 0.1) is 20.8 Å². The van der Waals surface area contributed by atoms with E-state index in [1.165, 1.54) is 23.4 Å². The maximum atomic E-state index is 13.0. The number of benzene rings is 2. The Kier molecular flexibility index (Phi) is 6.72. The highest BCUT2D eigenvalue weighted by Gasteiger charge is 2.17. The lowest BCUT2D eigenvalue weighted by atomic mass is 9.97. The number of esters is 1. The summed E-state index contributed by atoms with van der Waals surface area (Å²) in [5.41, 5.74) is 4.02. The van der Waals surface area contributed by atoms with Crippen LogP contribution in [-0.2, 0) is 16.1 Å². The quantitative estimate of drug-likeness (QED) is 0.248. The Labute approximate surface area is 179 Å². The Morgan fingerprint density at radius 1 is 1.10 bits per heavy atom. The molecule has 156 valence electrons. The van der Waals surface area contributed by atoms with Gasteiger partial charge in [-0.2, -0.15) is 0 Å². The minimum Gasteiger partial charge on any atom is -0.469 e. The number of ketones is 1. The van der Waals surface area contributed by atoms with Gasteiger partial charge in [-0.1, -0.05) is 41.6 Å². The van der Waals surface area contributed by atoms with Crippen LogP contribution in [-0.4, -0.2) is 34.2 Å². The van der Waals surface area contributed by atoms with Gasteiger partial charge >= 0.3 is 5.97 Å². The maximum Gasteiger partial charge on any atom is 0.307 e. The predicted molar refractivity (Wildman–Crippen MR) is 118 cm³/mol. The summed E-state index contributed by atoms with van der Waals surface area (Å²) in [6.45, 7) is 6.00. The van der Waals surface area contributed by atoms with Crippen molar-refractivity contribution in [3.63, 3.8) is 0 Å². The van der Waals surface area contributed by atoms with Crippen LogP contribution in [0.4, 0.5) is 0 Å². The highest BCUT2D eigenvalue weighted by Crippen LogP contribution is 2.23. The molecular weight excluding hydrogens is 400 g/mol. The smallest absolute Gasteiger partial charge is 0.307 e. The molecule has 0 amide bonds. The third kappa shape index (κ3) is 4.62. The molecule has 0 N–H and O–H groups in total. The molecule has 3 aromatic rings. The average molecular weight is 425 g/mol. The average Bonchev–Trinajstić information content (AvgIpc) is 2.70. The van der Waals surface area contributed by atoms with Crippen molar-refractivity contribution in [3.05, 3.63) is 69.0 Å². The van der Waals surface area contributed by atoms with E-state index >= 15 is 0 Å². The first kappa shape index (κ1) is 21.8. The zero-order valence-electron chi connectivity index (χ0n) is 17.5. The number of ether oxygens (including phenoxy) is 1. The van der Waals surface area contributed by atoms with Crippen LogP contribution in [0.5, 0.6) is 0 Å². The van der Waals surface area contributed by atoms with E-state index in [4.69, 9.17) is 4.74 Å². The number of hydrogen-bond donors (Lipinski definition) is 0. The molecule has 6 nitrogen and oxygen atoms in total. The van der Waals surface area contributed by atoms with Gasteiger partial charge in [-0.05, 0) is 44.0 Å². The minimum absolute atomic E-state index is 0.0167. The van der Waals surface area contributed by atoms with Crippen molar-refractivity contribution in [1.82, 2.24) is 9.55 Å². The topological polar surface area (TPSA) is 78.3 Å². The van der Waals surface area contributed by atoms with Crippen molar-refractivity contribution < 1.29 is 14.3 Å². The lowest BCUT2D eigenvalue weighted by Crippen LogP contribution is -2.25. The van der Waals surface area contributed by atoms with E-state index in [9.17, 15) is 14.4 Å². The summed E-state index contributed by atoms with van der Waals surface area (Å²) in [6.07, 6.45) is 0.0497. The first-order chi connectivity index (χ1) is 14.3. The zero-order chi connectivity index (χ0) is 21.8. The molecule has 0 aliphatic heterocycles. The highest BCUT2D eigenvalue weighted by atomic mass is 32.2. The molecule has 0 aliphatic carbocycles. The molecular formula is C23H24N2O4S. The molecule has 0 bridgehead atoms. The molecule has 2 aromatic carbocycles. The van der Waals surface area contributed by atoms with E-state index in [0.717, 1.165) is 16.7 Å². The number of thioether (sulfide) groups is 1. The molecule has 0 spiro atoms. The van der Waals surface area contributed by atoms with Gasteiger partial charge in [0.1, 0.15) is 0 Å².